The van der Waals surface area contributed by atoms with Crippen LogP contribution in [0.3, 0.4) is 0 Å². The molecule has 2 aromatic heterocycles. The minimum Gasteiger partial charge on any atom is -0.456 e. The van der Waals surface area contributed by atoms with Gasteiger partial charge in [0.1, 0.15) is 28.5 Å². The molecule has 68 heavy (non-hydrogen) atoms. The molecule has 328 valence electrons. The molecule has 1 unspecified atom stereocenters. The Balaban J connectivity index is 0.846. The van der Waals surface area contributed by atoms with Crippen LogP contribution in [0.1, 0.15) is 109 Å². The highest BCUT2D eigenvalue weighted by molar-refractivity contribution is 6.21. The van der Waals surface area contributed by atoms with Gasteiger partial charge >= 0.3 is 0 Å². The number of nitrogens with zero attached hydrogens (tertiary/aromatic N) is 1. The molecule has 0 bridgehead atoms. The van der Waals surface area contributed by atoms with E-state index in [1.54, 1.807) is 22.3 Å². The Bertz CT molecular complexity index is 3790. The first-order chi connectivity index (χ1) is 33.6. The number of furan rings is 2. The van der Waals surface area contributed by atoms with Crippen molar-refractivity contribution in [1.82, 2.24) is 5.32 Å². The first-order valence-corrected chi connectivity index (χ1v) is 25.0. The van der Waals surface area contributed by atoms with E-state index in [1.807, 2.05) is 12.1 Å². The highest BCUT2D eigenvalue weighted by Crippen LogP contribution is 2.62. The summed E-state index contributed by atoms with van der Waals surface area (Å²) in [5.74, 6) is 0. The SMILES string of the molecule is C1=C(c2ccc3c(c2)oc2ccccc23)NC(c2ccccc2)N=C1c1cccc2c1oc1ccc(-c3ccc4c(c3)-c3cc5c(cc3C43CCCCC3)-c3ccccc3C53CCCCC3)cc12. The van der Waals surface area contributed by atoms with E-state index >= 15 is 0 Å². The summed E-state index contributed by atoms with van der Waals surface area (Å²) >= 11 is 0. The van der Waals surface area contributed by atoms with E-state index in [9.17, 15) is 0 Å². The zero-order chi connectivity index (χ0) is 44.6. The second kappa shape index (κ2) is 14.5. The average molecular weight is 879 g/mol. The average Bonchev–Trinajstić information content (AvgIpc) is 4.12. The first-order valence-electron chi connectivity index (χ1n) is 25.0. The molecule has 2 saturated carbocycles. The van der Waals surface area contributed by atoms with Crippen LogP contribution in [0.4, 0.5) is 0 Å². The fourth-order valence-corrected chi connectivity index (χ4v) is 13.7. The van der Waals surface area contributed by atoms with Crippen molar-refractivity contribution in [2.45, 2.75) is 81.2 Å². The van der Waals surface area contributed by atoms with Gasteiger partial charge in [-0.15, -0.1) is 0 Å². The largest absolute Gasteiger partial charge is 0.456 e. The molecule has 10 aromatic rings. The van der Waals surface area contributed by atoms with Crippen LogP contribution in [0.2, 0.25) is 0 Å². The Morgan fingerprint density at radius 2 is 1.03 bits per heavy atom. The van der Waals surface area contributed by atoms with E-state index in [1.165, 1.54) is 97.6 Å². The van der Waals surface area contributed by atoms with E-state index in [0.717, 1.165) is 72.0 Å². The Labute approximate surface area is 396 Å². The molecule has 1 N–H and O–H groups in total. The minimum atomic E-state index is -0.286. The molecule has 1 aliphatic heterocycles. The number of allylic oxidation sites excluding steroid dienone is 1. The van der Waals surface area contributed by atoms with Gasteiger partial charge in [-0.25, -0.2) is 0 Å². The Morgan fingerprint density at radius 3 is 1.85 bits per heavy atom. The van der Waals surface area contributed by atoms with Crippen LogP contribution in [-0.4, -0.2) is 5.71 Å². The molecule has 0 saturated heterocycles. The van der Waals surface area contributed by atoms with E-state index in [2.05, 4.69) is 163 Å². The van der Waals surface area contributed by atoms with Crippen LogP contribution >= 0.6 is 0 Å². The molecule has 2 spiro atoms. The lowest BCUT2D eigenvalue weighted by Gasteiger charge is -2.37. The van der Waals surface area contributed by atoms with Gasteiger partial charge in [-0.3, -0.25) is 4.99 Å². The fourth-order valence-electron chi connectivity index (χ4n) is 13.7. The van der Waals surface area contributed by atoms with E-state index in [-0.39, 0.29) is 17.0 Å². The Morgan fingerprint density at radius 1 is 0.412 bits per heavy atom. The van der Waals surface area contributed by atoms with Crippen molar-refractivity contribution in [3.63, 3.8) is 0 Å². The molecule has 3 heterocycles. The third-order valence-electron chi connectivity index (χ3n) is 16.9. The molecule has 4 nitrogen and oxygen atoms in total. The van der Waals surface area contributed by atoms with Gasteiger partial charge in [-0.1, -0.05) is 148 Å². The maximum Gasteiger partial charge on any atom is 0.145 e. The summed E-state index contributed by atoms with van der Waals surface area (Å²) in [6.07, 6.45) is 14.7. The molecule has 4 heteroatoms. The molecular formula is C64H50N2O2. The van der Waals surface area contributed by atoms with Gasteiger partial charge in [0.15, 0.2) is 0 Å². The number of para-hydroxylation sites is 2. The lowest BCUT2D eigenvalue weighted by Crippen LogP contribution is -2.29. The minimum absolute atomic E-state index is 0.0836. The third kappa shape index (κ3) is 5.52. The molecule has 0 radical (unpaired) electrons. The monoisotopic (exact) mass is 878 g/mol. The standard InChI is InChI=1S/C64H50N2O2/c1-4-15-39(16-5-1)62-65-56(42-23-26-45-44-18-7-9-22-58(44)67-60(45)35-42)38-57(66-62)47-20-14-19-46-51-34-41(25-28-59(51)68-61(46)47)40-24-27-53-48(33-40)50-37-54-49(36-55(50)64(53)31-12-3-13-32-64)43-17-6-8-21-52(43)63(54)29-10-2-11-30-63/h1,4-9,14-28,33-38,62,65H,2-3,10-13,29-32H2. The van der Waals surface area contributed by atoms with Crippen molar-refractivity contribution in [3.8, 4) is 33.4 Å². The van der Waals surface area contributed by atoms with Crippen molar-refractivity contribution < 1.29 is 8.83 Å². The number of nitrogens with one attached hydrogen (secondary N) is 1. The van der Waals surface area contributed by atoms with Gasteiger partial charge < -0.3 is 14.2 Å². The number of fused-ring (bicyclic) bond motifs is 16. The van der Waals surface area contributed by atoms with E-state index in [0.29, 0.717) is 0 Å². The van der Waals surface area contributed by atoms with Crippen molar-refractivity contribution in [2.75, 3.05) is 0 Å². The maximum atomic E-state index is 6.88. The summed E-state index contributed by atoms with van der Waals surface area (Å²) < 4.78 is 13.2. The summed E-state index contributed by atoms with van der Waals surface area (Å²) in [5.41, 5.74) is 23.4. The van der Waals surface area contributed by atoms with E-state index in [4.69, 9.17) is 13.8 Å². The van der Waals surface area contributed by atoms with Crippen LogP contribution in [0.15, 0.2) is 184 Å². The summed E-state index contributed by atoms with van der Waals surface area (Å²) in [6.45, 7) is 0. The van der Waals surface area contributed by atoms with Crippen molar-refractivity contribution in [3.05, 3.63) is 209 Å². The van der Waals surface area contributed by atoms with E-state index < -0.39 is 0 Å². The molecule has 2 fully saturated rings. The molecule has 4 aliphatic carbocycles. The maximum absolute atomic E-state index is 6.88. The number of hydrogen-bond donors (Lipinski definition) is 1. The summed E-state index contributed by atoms with van der Waals surface area (Å²) in [5, 5.41) is 8.21. The Kier molecular flexibility index (Phi) is 8.26. The topological polar surface area (TPSA) is 50.7 Å². The fraction of sp³-hybridized carbons (Fsp3) is 0.203. The second-order valence-electron chi connectivity index (χ2n) is 20.4. The second-order valence-corrected chi connectivity index (χ2v) is 20.4. The molecule has 5 aliphatic rings. The molecular weight excluding hydrogens is 829 g/mol. The Hall–Kier alpha value is -7.43. The van der Waals surface area contributed by atoms with Gasteiger partial charge in [-0.05, 0) is 148 Å². The van der Waals surface area contributed by atoms with Gasteiger partial charge in [0.25, 0.3) is 0 Å². The summed E-state index contributed by atoms with van der Waals surface area (Å²) in [6, 6.07) is 60.8. The lowest BCUT2D eigenvalue weighted by molar-refractivity contribution is 0.350. The first kappa shape index (κ1) is 38.7. The van der Waals surface area contributed by atoms with Crippen molar-refractivity contribution >= 4 is 55.3 Å². The third-order valence-corrected chi connectivity index (χ3v) is 16.9. The van der Waals surface area contributed by atoms with Gasteiger partial charge in [0.05, 0.1) is 5.71 Å². The van der Waals surface area contributed by atoms with Gasteiger partial charge in [0, 0.05) is 49.2 Å². The highest BCUT2D eigenvalue weighted by Gasteiger charge is 2.49. The molecule has 8 aromatic carbocycles. The van der Waals surface area contributed by atoms with Crippen LogP contribution < -0.4 is 5.32 Å². The van der Waals surface area contributed by atoms with Crippen LogP contribution in [0, 0.1) is 0 Å². The predicted octanol–water partition coefficient (Wildman–Crippen LogP) is 16.7. The lowest BCUT2D eigenvalue weighted by atomic mass is 9.66. The number of hydrogen-bond acceptors (Lipinski definition) is 4. The van der Waals surface area contributed by atoms with Gasteiger partial charge in [0.2, 0.25) is 0 Å². The van der Waals surface area contributed by atoms with Crippen LogP contribution in [-0.2, 0) is 10.8 Å². The van der Waals surface area contributed by atoms with Crippen molar-refractivity contribution in [1.29, 1.82) is 0 Å². The molecule has 1 atom stereocenters. The zero-order valence-corrected chi connectivity index (χ0v) is 38.1. The number of aliphatic imine (C=N–C) groups is 1. The smallest absolute Gasteiger partial charge is 0.145 e. The van der Waals surface area contributed by atoms with Crippen molar-refractivity contribution in [2.24, 2.45) is 4.99 Å². The summed E-state index contributed by atoms with van der Waals surface area (Å²) in [7, 11) is 0. The molecule has 15 rings (SSSR count). The summed E-state index contributed by atoms with van der Waals surface area (Å²) in [4.78, 5) is 5.38. The predicted molar refractivity (Wildman–Crippen MR) is 278 cm³/mol. The quantitative estimate of drug-likeness (QED) is 0.192. The molecule has 0 amide bonds. The van der Waals surface area contributed by atoms with Crippen LogP contribution in [0.25, 0.3) is 83.0 Å². The van der Waals surface area contributed by atoms with Gasteiger partial charge in [-0.2, -0.15) is 0 Å². The van der Waals surface area contributed by atoms with Crippen LogP contribution in [0.5, 0.6) is 0 Å². The highest BCUT2D eigenvalue weighted by atomic mass is 16.3. The normalized spacial score (nSPS) is 18.7. The number of benzene rings is 8. The number of rotatable bonds is 4. The zero-order valence-electron chi connectivity index (χ0n) is 38.1.